The van der Waals surface area contributed by atoms with Gasteiger partial charge in [0.1, 0.15) is 18.4 Å². The number of nitrogens with zero attached hydrogens (tertiary/aromatic N) is 1. The van der Waals surface area contributed by atoms with Gasteiger partial charge in [-0.15, -0.1) is 0 Å². The molecule has 7 heteroatoms. The molecule has 0 bridgehead atoms. The second-order valence-electron chi connectivity index (χ2n) is 11.2. The van der Waals surface area contributed by atoms with Crippen LogP contribution in [0.3, 0.4) is 0 Å². The number of rotatable bonds is 12. The molecular formula is C30H44N4O3. The molecule has 2 aromatic rings. The summed E-state index contributed by atoms with van der Waals surface area (Å²) in [6.07, 6.45) is 4.62. The number of nitrogens with one attached hydrogen (secondary N) is 2. The van der Waals surface area contributed by atoms with E-state index in [1.54, 1.807) is 0 Å². The number of carbonyl (C=O) groups is 2. The number of nitrogens with two attached hydrogens (primary N) is 1. The first-order chi connectivity index (χ1) is 17.7. The highest BCUT2D eigenvalue weighted by molar-refractivity contribution is 5.89. The molecular weight excluding hydrogens is 464 g/mol. The fourth-order valence-corrected chi connectivity index (χ4v) is 4.58. The van der Waals surface area contributed by atoms with Crippen molar-refractivity contribution in [3.8, 4) is 5.75 Å². The molecule has 0 aromatic heterocycles. The average Bonchev–Trinajstić information content (AvgIpc) is 2.88. The Bertz CT molecular complexity index is 967. The molecule has 2 unspecified atom stereocenters. The first-order valence-corrected chi connectivity index (χ1v) is 13.5. The van der Waals surface area contributed by atoms with Gasteiger partial charge in [0.2, 0.25) is 11.8 Å². The molecule has 0 radical (unpaired) electrons. The third-order valence-electron chi connectivity index (χ3n) is 6.59. The molecule has 7 nitrogen and oxygen atoms in total. The summed E-state index contributed by atoms with van der Waals surface area (Å²) in [6, 6.07) is 16.3. The smallest absolute Gasteiger partial charge is 0.242 e. The number of amides is 2. The number of benzene rings is 2. The van der Waals surface area contributed by atoms with E-state index in [2.05, 4.69) is 15.5 Å². The van der Waals surface area contributed by atoms with Crippen molar-refractivity contribution in [2.24, 2.45) is 11.1 Å². The van der Waals surface area contributed by atoms with E-state index in [-0.39, 0.29) is 17.2 Å². The standard InChI is InChI=1S/C30H44N4O3/c1-30(2,3)21-26(31)28(35)33-27(29(36)32-16-19-34-17-8-5-9-18-34)20-23-12-14-25(15-13-23)37-22-24-10-6-4-7-11-24/h4,6-7,10-15,26-27H,5,8-9,16-22,31H2,1-3H3,(H,32,36)(H,33,35). The maximum absolute atomic E-state index is 13.1. The van der Waals surface area contributed by atoms with E-state index in [1.807, 2.05) is 75.4 Å². The summed E-state index contributed by atoms with van der Waals surface area (Å²) in [6.45, 7) is 10.2. The van der Waals surface area contributed by atoms with Gasteiger partial charge < -0.3 is 26.0 Å². The molecule has 0 spiro atoms. The molecule has 1 fully saturated rings. The van der Waals surface area contributed by atoms with E-state index < -0.39 is 12.1 Å². The summed E-state index contributed by atoms with van der Waals surface area (Å²) in [5.74, 6) is 0.276. The van der Waals surface area contributed by atoms with Gasteiger partial charge in [0.15, 0.2) is 0 Å². The highest BCUT2D eigenvalue weighted by Crippen LogP contribution is 2.20. The zero-order valence-electron chi connectivity index (χ0n) is 22.7. The lowest BCUT2D eigenvalue weighted by Crippen LogP contribution is -2.53. The molecule has 2 atom stereocenters. The van der Waals surface area contributed by atoms with E-state index >= 15 is 0 Å². The molecule has 2 aromatic carbocycles. The Morgan fingerprint density at radius 3 is 2.27 bits per heavy atom. The summed E-state index contributed by atoms with van der Waals surface area (Å²) in [7, 11) is 0. The highest BCUT2D eigenvalue weighted by Gasteiger charge is 2.27. The van der Waals surface area contributed by atoms with Gasteiger partial charge in [-0.2, -0.15) is 0 Å². The Hall–Kier alpha value is -2.90. The summed E-state index contributed by atoms with van der Waals surface area (Å²) in [5.41, 5.74) is 8.13. The van der Waals surface area contributed by atoms with Crippen molar-refractivity contribution < 1.29 is 14.3 Å². The SMILES string of the molecule is CC(C)(C)CC(N)C(=O)NC(Cc1ccc(OCc2ccccc2)cc1)C(=O)NCCN1CCCCC1. The molecule has 2 amide bonds. The molecule has 0 aliphatic carbocycles. The Balaban J connectivity index is 1.59. The van der Waals surface area contributed by atoms with E-state index in [1.165, 1.54) is 19.3 Å². The molecule has 1 saturated heterocycles. The number of piperidine rings is 1. The monoisotopic (exact) mass is 508 g/mol. The first kappa shape index (κ1) is 28.7. The molecule has 37 heavy (non-hydrogen) atoms. The molecule has 1 aliphatic heterocycles. The third-order valence-corrected chi connectivity index (χ3v) is 6.59. The lowest BCUT2D eigenvalue weighted by Gasteiger charge is -2.27. The maximum Gasteiger partial charge on any atom is 0.242 e. The van der Waals surface area contributed by atoms with Crippen LogP contribution < -0.4 is 21.1 Å². The van der Waals surface area contributed by atoms with Crippen LogP contribution in [0.2, 0.25) is 0 Å². The normalized spacial score (nSPS) is 16.0. The van der Waals surface area contributed by atoms with E-state index in [4.69, 9.17) is 10.5 Å². The lowest BCUT2D eigenvalue weighted by atomic mass is 9.88. The van der Waals surface area contributed by atoms with Gasteiger partial charge in [0.25, 0.3) is 0 Å². The Morgan fingerprint density at radius 1 is 0.946 bits per heavy atom. The van der Waals surface area contributed by atoms with E-state index in [0.29, 0.717) is 26.0 Å². The summed E-state index contributed by atoms with van der Waals surface area (Å²) < 4.78 is 5.88. The van der Waals surface area contributed by atoms with Crippen LogP contribution in [0, 0.1) is 5.41 Å². The van der Waals surface area contributed by atoms with Crippen molar-refractivity contribution >= 4 is 11.8 Å². The number of hydrogen-bond donors (Lipinski definition) is 3. The van der Waals surface area contributed by atoms with E-state index in [0.717, 1.165) is 36.5 Å². The van der Waals surface area contributed by atoms with Crippen LogP contribution in [0.15, 0.2) is 54.6 Å². The van der Waals surface area contributed by atoms with Crippen LogP contribution in [-0.4, -0.2) is 55.0 Å². The van der Waals surface area contributed by atoms with Gasteiger partial charge in [-0.05, 0) is 61.0 Å². The van der Waals surface area contributed by atoms with Crippen LogP contribution in [0.4, 0.5) is 0 Å². The number of carbonyl (C=O) groups excluding carboxylic acids is 2. The minimum atomic E-state index is -0.698. The zero-order valence-corrected chi connectivity index (χ0v) is 22.7. The topological polar surface area (TPSA) is 96.7 Å². The minimum Gasteiger partial charge on any atom is -0.489 e. The largest absolute Gasteiger partial charge is 0.489 e. The van der Waals surface area contributed by atoms with Crippen molar-refractivity contribution in [3.05, 3.63) is 65.7 Å². The third kappa shape index (κ3) is 10.5. The Morgan fingerprint density at radius 2 is 1.62 bits per heavy atom. The maximum atomic E-state index is 13.1. The van der Waals surface area contributed by atoms with Crippen LogP contribution >= 0.6 is 0 Å². The fraction of sp³-hybridized carbons (Fsp3) is 0.533. The second kappa shape index (κ2) is 14.1. The van der Waals surface area contributed by atoms with E-state index in [9.17, 15) is 9.59 Å². The average molecular weight is 509 g/mol. The Labute approximate surface area is 222 Å². The first-order valence-electron chi connectivity index (χ1n) is 13.5. The number of likely N-dealkylation sites (tertiary alicyclic amines) is 1. The minimum absolute atomic E-state index is 0.0848. The van der Waals surface area contributed by atoms with Gasteiger partial charge in [0.05, 0.1) is 6.04 Å². The molecule has 0 saturated carbocycles. The zero-order chi connectivity index (χ0) is 26.7. The second-order valence-corrected chi connectivity index (χ2v) is 11.2. The van der Waals surface area contributed by atoms with Crippen molar-refractivity contribution in [2.45, 2.75) is 71.6 Å². The predicted octanol–water partition coefficient (Wildman–Crippen LogP) is 3.66. The molecule has 1 heterocycles. The van der Waals surface area contributed by atoms with Crippen molar-refractivity contribution in [2.75, 3.05) is 26.2 Å². The van der Waals surface area contributed by atoms with Crippen molar-refractivity contribution in [1.82, 2.24) is 15.5 Å². The summed E-state index contributed by atoms with van der Waals surface area (Å²) >= 11 is 0. The van der Waals surface area contributed by atoms with Gasteiger partial charge in [-0.25, -0.2) is 0 Å². The molecule has 1 aliphatic rings. The van der Waals surface area contributed by atoms with Gasteiger partial charge in [-0.1, -0.05) is 69.7 Å². The predicted molar refractivity (Wildman–Crippen MR) is 148 cm³/mol. The highest BCUT2D eigenvalue weighted by atomic mass is 16.5. The molecule has 202 valence electrons. The van der Waals surface area contributed by atoms with Gasteiger partial charge in [0, 0.05) is 19.5 Å². The van der Waals surface area contributed by atoms with Crippen molar-refractivity contribution in [3.63, 3.8) is 0 Å². The fourth-order valence-electron chi connectivity index (χ4n) is 4.58. The van der Waals surface area contributed by atoms with Gasteiger partial charge in [-0.3, -0.25) is 9.59 Å². The van der Waals surface area contributed by atoms with Crippen molar-refractivity contribution in [1.29, 1.82) is 0 Å². The van der Waals surface area contributed by atoms with Crippen LogP contribution in [0.5, 0.6) is 5.75 Å². The van der Waals surface area contributed by atoms with Gasteiger partial charge >= 0.3 is 0 Å². The number of ether oxygens (including phenoxy) is 1. The van der Waals surface area contributed by atoms with Crippen LogP contribution in [-0.2, 0) is 22.6 Å². The number of hydrogen-bond acceptors (Lipinski definition) is 5. The Kier molecular flexibility index (Phi) is 11.0. The summed E-state index contributed by atoms with van der Waals surface area (Å²) in [5, 5.41) is 5.95. The quantitative estimate of drug-likeness (QED) is 0.407. The molecule has 4 N–H and O–H groups in total. The van der Waals surface area contributed by atoms with Crippen LogP contribution in [0.25, 0.3) is 0 Å². The molecule has 3 rings (SSSR count). The lowest BCUT2D eigenvalue weighted by molar-refractivity contribution is -0.130. The summed E-state index contributed by atoms with van der Waals surface area (Å²) in [4.78, 5) is 28.4. The van der Waals surface area contributed by atoms with Crippen LogP contribution in [0.1, 0.15) is 57.6 Å².